The number of nitrogens with one attached hydrogen (secondary N) is 1. The van der Waals surface area contributed by atoms with Crippen molar-refractivity contribution in [1.82, 2.24) is 5.32 Å². The Bertz CT molecular complexity index is 409. The maximum atomic E-state index is 3.67. The molecule has 94 valence electrons. The molecule has 1 aliphatic rings. The van der Waals surface area contributed by atoms with E-state index >= 15 is 0 Å². The Morgan fingerprint density at radius 2 is 1.88 bits per heavy atom. The normalized spacial score (nSPS) is 24.2. The zero-order valence-electron chi connectivity index (χ0n) is 11.1. The van der Waals surface area contributed by atoms with Crippen LogP contribution in [0.15, 0.2) is 21.9 Å². The van der Waals surface area contributed by atoms with E-state index in [1.54, 1.807) is 0 Å². The summed E-state index contributed by atoms with van der Waals surface area (Å²) in [6.07, 6.45) is 6.87. The molecule has 1 heterocycles. The lowest BCUT2D eigenvalue weighted by atomic mass is 9.90. The van der Waals surface area contributed by atoms with E-state index in [1.807, 2.05) is 23.5 Å². The zero-order chi connectivity index (χ0) is 12.5. The number of rotatable bonds is 3. The highest BCUT2D eigenvalue weighted by Gasteiger charge is 2.32. The lowest BCUT2D eigenvalue weighted by Crippen LogP contribution is -2.33. The number of benzene rings is 1. The van der Waals surface area contributed by atoms with E-state index in [0.717, 1.165) is 6.54 Å². The van der Waals surface area contributed by atoms with Gasteiger partial charge >= 0.3 is 0 Å². The third-order valence-corrected chi connectivity index (χ3v) is 5.34. The molecule has 1 aromatic carbocycles. The summed E-state index contributed by atoms with van der Waals surface area (Å²) in [7, 11) is 0. The monoisotopic (exact) mass is 267 g/mol. The van der Waals surface area contributed by atoms with Crippen LogP contribution in [-0.4, -0.2) is 19.1 Å². The fourth-order valence-electron chi connectivity index (χ4n) is 2.61. The van der Waals surface area contributed by atoms with E-state index in [9.17, 15) is 0 Å². The van der Waals surface area contributed by atoms with E-state index in [-0.39, 0.29) is 5.54 Å². The van der Waals surface area contributed by atoms with Gasteiger partial charge in [-0.05, 0) is 69.0 Å². The molecule has 1 aliphatic heterocycles. The smallest absolute Gasteiger partial charge is 0.0418 e. The van der Waals surface area contributed by atoms with Crippen molar-refractivity contribution in [2.24, 2.45) is 0 Å². The molecule has 2 rings (SSSR count). The predicted molar refractivity (Wildman–Crippen MR) is 79.3 cm³/mol. The Hall–Kier alpha value is -0.120. The predicted octanol–water partition coefficient (Wildman–Crippen LogP) is 4.04. The molecule has 0 saturated carbocycles. The summed E-state index contributed by atoms with van der Waals surface area (Å²) in [4.78, 5) is 2.84. The SMILES string of the molecule is CSc1cc(C2(C)CCCN2)c(SC)cc1C. The number of hydrogen-bond acceptors (Lipinski definition) is 3. The van der Waals surface area contributed by atoms with Gasteiger partial charge in [0, 0.05) is 15.3 Å². The Kier molecular flexibility index (Phi) is 4.11. The molecule has 0 aromatic heterocycles. The van der Waals surface area contributed by atoms with Crippen molar-refractivity contribution < 1.29 is 0 Å². The van der Waals surface area contributed by atoms with Gasteiger partial charge < -0.3 is 5.32 Å². The number of aryl methyl sites for hydroxylation is 1. The maximum absolute atomic E-state index is 3.67. The minimum absolute atomic E-state index is 0.177. The third-order valence-electron chi connectivity index (χ3n) is 3.68. The highest BCUT2D eigenvalue weighted by molar-refractivity contribution is 7.99. The van der Waals surface area contributed by atoms with Gasteiger partial charge in [0.2, 0.25) is 0 Å². The lowest BCUT2D eigenvalue weighted by molar-refractivity contribution is 0.426. The van der Waals surface area contributed by atoms with Crippen molar-refractivity contribution >= 4 is 23.5 Å². The molecule has 1 nitrogen and oxygen atoms in total. The van der Waals surface area contributed by atoms with Crippen LogP contribution in [0.3, 0.4) is 0 Å². The van der Waals surface area contributed by atoms with Crippen LogP contribution in [-0.2, 0) is 5.54 Å². The number of hydrogen-bond donors (Lipinski definition) is 1. The van der Waals surface area contributed by atoms with Gasteiger partial charge in [0.05, 0.1) is 0 Å². The summed E-state index contributed by atoms with van der Waals surface area (Å²) < 4.78 is 0. The molecule has 0 spiro atoms. The van der Waals surface area contributed by atoms with Crippen molar-refractivity contribution in [1.29, 1.82) is 0 Å². The van der Waals surface area contributed by atoms with Crippen molar-refractivity contribution in [3.8, 4) is 0 Å². The molecule has 0 aliphatic carbocycles. The van der Waals surface area contributed by atoms with Gasteiger partial charge in [-0.1, -0.05) is 0 Å². The molecule has 1 aromatic rings. The van der Waals surface area contributed by atoms with Crippen LogP contribution in [0.4, 0.5) is 0 Å². The average molecular weight is 267 g/mol. The fraction of sp³-hybridized carbons (Fsp3) is 0.571. The van der Waals surface area contributed by atoms with Crippen molar-refractivity contribution in [2.45, 2.75) is 42.0 Å². The average Bonchev–Trinajstić information content (AvgIpc) is 2.76. The summed E-state index contributed by atoms with van der Waals surface area (Å²) in [5.41, 5.74) is 3.06. The van der Waals surface area contributed by atoms with Crippen LogP contribution >= 0.6 is 23.5 Å². The minimum atomic E-state index is 0.177. The fourth-order valence-corrected chi connectivity index (χ4v) is 4.02. The van der Waals surface area contributed by atoms with Crippen LogP contribution in [0.2, 0.25) is 0 Å². The first-order chi connectivity index (χ1) is 8.10. The highest BCUT2D eigenvalue weighted by Crippen LogP contribution is 2.39. The molecule has 0 amide bonds. The third kappa shape index (κ3) is 2.51. The molecule has 1 fully saturated rings. The molecule has 0 bridgehead atoms. The molecule has 17 heavy (non-hydrogen) atoms. The van der Waals surface area contributed by atoms with E-state index in [0.29, 0.717) is 0 Å². The Morgan fingerprint density at radius 1 is 1.18 bits per heavy atom. The van der Waals surface area contributed by atoms with Crippen LogP contribution in [0.1, 0.15) is 30.9 Å². The van der Waals surface area contributed by atoms with Gasteiger partial charge in [-0.2, -0.15) is 0 Å². The first-order valence-electron chi connectivity index (χ1n) is 6.09. The maximum Gasteiger partial charge on any atom is 0.0418 e. The van der Waals surface area contributed by atoms with Gasteiger partial charge in [-0.25, -0.2) is 0 Å². The van der Waals surface area contributed by atoms with Gasteiger partial charge in [0.25, 0.3) is 0 Å². The molecule has 1 N–H and O–H groups in total. The minimum Gasteiger partial charge on any atom is -0.308 e. The Morgan fingerprint density at radius 3 is 2.41 bits per heavy atom. The molecule has 1 unspecified atom stereocenters. The molecular weight excluding hydrogens is 246 g/mol. The summed E-state index contributed by atoms with van der Waals surface area (Å²) in [5.74, 6) is 0. The van der Waals surface area contributed by atoms with Crippen LogP contribution < -0.4 is 5.32 Å². The first kappa shape index (κ1) is 13.3. The van der Waals surface area contributed by atoms with Gasteiger partial charge in [0.15, 0.2) is 0 Å². The standard InChI is InChI=1S/C14H21NS2/c1-10-8-13(17-4)11(9-12(10)16-3)14(2)6-5-7-15-14/h8-9,15H,5-7H2,1-4H3. The van der Waals surface area contributed by atoms with Crippen molar-refractivity contribution in [3.05, 3.63) is 23.3 Å². The summed E-state index contributed by atoms with van der Waals surface area (Å²) >= 11 is 3.71. The largest absolute Gasteiger partial charge is 0.308 e. The summed E-state index contributed by atoms with van der Waals surface area (Å²) in [5, 5.41) is 3.67. The van der Waals surface area contributed by atoms with Crippen LogP contribution in [0, 0.1) is 6.92 Å². The molecule has 3 heteroatoms. The molecule has 0 radical (unpaired) electrons. The van der Waals surface area contributed by atoms with Crippen molar-refractivity contribution in [2.75, 3.05) is 19.1 Å². The number of thioether (sulfide) groups is 2. The quantitative estimate of drug-likeness (QED) is 0.830. The second kappa shape index (κ2) is 5.25. The van der Waals surface area contributed by atoms with Crippen LogP contribution in [0.25, 0.3) is 0 Å². The highest BCUT2D eigenvalue weighted by atomic mass is 32.2. The Labute approximate surface area is 113 Å². The molecule has 1 saturated heterocycles. The van der Waals surface area contributed by atoms with E-state index in [2.05, 4.69) is 43.8 Å². The van der Waals surface area contributed by atoms with Crippen LogP contribution in [0.5, 0.6) is 0 Å². The van der Waals surface area contributed by atoms with Gasteiger partial charge in [-0.3, -0.25) is 0 Å². The first-order valence-corrected chi connectivity index (χ1v) is 8.54. The summed E-state index contributed by atoms with van der Waals surface area (Å²) in [6, 6.07) is 4.74. The zero-order valence-corrected chi connectivity index (χ0v) is 12.7. The molecular formula is C14H21NS2. The van der Waals surface area contributed by atoms with Gasteiger partial charge in [0.1, 0.15) is 0 Å². The topological polar surface area (TPSA) is 12.0 Å². The van der Waals surface area contributed by atoms with Gasteiger partial charge in [-0.15, -0.1) is 23.5 Å². The second-order valence-electron chi connectivity index (χ2n) is 4.88. The summed E-state index contributed by atoms with van der Waals surface area (Å²) in [6.45, 7) is 5.70. The lowest BCUT2D eigenvalue weighted by Gasteiger charge is -2.28. The van der Waals surface area contributed by atoms with E-state index in [4.69, 9.17) is 0 Å². The van der Waals surface area contributed by atoms with E-state index in [1.165, 1.54) is 33.8 Å². The molecule has 1 atom stereocenters. The Balaban J connectivity index is 2.50. The second-order valence-corrected chi connectivity index (χ2v) is 6.58. The van der Waals surface area contributed by atoms with E-state index < -0.39 is 0 Å². The van der Waals surface area contributed by atoms with Crippen molar-refractivity contribution in [3.63, 3.8) is 0 Å².